The van der Waals surface area contributed by atoms with Crippen LogP contribution >= 0.6 is 0 Å². The molecule has 4 heteroatoms. The van der Waals surface area contributed by atoms with Crippen molar-refractivity contribution in [3.05, 3.63) is 65.2 Å². The molecule has 4 nitrogen and oxygen atoms in total. The average molecular weight is 270 g/mol. The topological polar surface area (TPSA) is 64.3 Å². The maximum absolute atomic E-state index is 11.7. The zero-order valence-electron chi connectivity index (χ0n) is 11.4. The number of nitrogens with one attached hydrogen (secondary N) is 1. The summed E-state index contributed by atoms with van der Waals surface area (Å²) in [4.78, 5) is 11.7. The van der Waals surface area contributed by atoms with Gasteiger partial charge in [-0.1, -0.05) is 37.3 Å². The summed E-state index contributed by atoms with van der Waals surface area (Å²) in [5, 5.41) is 0. The molecule has 0 atom stereocenters. The first kappa shape index (κ1) is 14.1. The Morgan fingerprint density at radius 3 is 2.75 bits per heavy atom. The molecule has 0 unspecified atom stereocenters. The third-order valence-corrected chi connectivity index (χ3v) is 3.09. The van der Waals surface area contributed by atoms with Gasteiger partial charge in [0.2, 0.25) is 0 Å². The number of ether oxygens (including phenoxy) is 1. The second-order valence-corrected chi connectivity index (χ2v) is 4.42. The van der Waals surface area contributed by atoms with Gasteiger partial charge < -0.3 is 4.74 Å². The molecule has 0 saturated carbocycles. The quantitative estimate of drug-likeness (QED) is 0.498. The lowest BCUT2D eigenvalue weighted by Crippen LogP contribution is -2.30. The van der Waals surface area contributed by atoms with Crippen molar-refractivity contribution in [1.29, 1.82) is 0 Å². The van der Waals surface area contributed by atoms with Crippen LogP contribution in [-0.4, -0.2) is 5.91 Å². The number of hydrogen-bond acceptors (Lipinski definition) is 3. The molecule has 104 valence electrons. The SMILES string of the molecule is CCc1cccc(OCc2ccccc2C(=O)NN)c1. The Hall–Kier alpha value is -2.33. The van der Waals surface area contributed by atoms with Crippen molar-refractivity contribution in [1.82, 2.24) is 5.43 Å². The van der Waals surface area contributed by atoms with Crippen LogP contribution in [0.3, 0.4) is 0 Å². The molecule has 0 aliphatic rings. The van der Waals surface area contributed by atoms with E-state index in [1.165, 1.54) is 5.56 Å². The molecule has 0 aromatic heterocycles. The molecule has 0 radical (unpaired) electrons. The first-order chi connectivity index (χ1) is 9.74. The smallest absolute Gasteiger partial charge is 0.265 e. The Morgan fingerprint density at radius 1 is 1.20 bits per heavy atom. The number of carbonyl (C=O) groups is 1. The van der Waals surface area contributed by atoms with Crippen LogP contribution in [0.2, 0.25) is 0 Å². The fourth-order valence-electron chi connectivity index (χ4n) is 1.96. The molecule has 2 aromatic rings. The van der Waals surface area contributed by atoms with E-state index in [0.29, 0.717) is 12.2 Å². The van der Waals surface area contributed by atoms with Crippen LogP contribution in [0.5, 0.6) is 5.75 Å². The van der Waals surface area contributed by atoms with Crippen molar-refractivity contribution in [3.8, 4) is 5.75 Å². The summed E-state index contributed by atoms with van der Waals surface area (Å²) in [6.07, 6.45) is 0.962. The fourth-order valence-corrected chi connectivity index (χ4v) is 1.96. The minimum Gasteiger partial charge on any atom is -0.489 e. The predicted octanol–water partition coefficient (Wildman–Crippen LogP) is 2.43. The van der Waals surface area contributed by atoms with E-state index in [1.807, 2.05) is 30.3 Å². The number of rotatable bonds is 5. The molecule has 0 aliphatic heterocycles. The summed E-state index contributed by atoms with van der Waals surface area (Å²) >= 11 is 0. The molecule has 0 saturated heterocycles. The van der Waals surface area contributed by atoms with Crippen LogP contribution in [0, 0.1) is 0 Å². The lowest BCUT2D eigenvalue weighted by molar-refractivity contribution is 0.0951. The Kier molecular flexibility index (Phi) is 4.74. The van der Waals surface area contributed by atoms with Gasteiger partial charge >= 0.3 is 0 Å². The Balaban J connectivity index is 2.12. The van der Waals surface area contributed by atoms with Crippen LogP contribution in [0.15, 0.2) is 48.5 Å². The van der Waals surface area contributed by atoms with Crippen LogP contribution in [0.25, 0.3) is 0 Å². The molecule has 0 heterocycles. The zero-order valence-corrected chi connectivity index (χ0v) is 11.4. The summed E-state index contributed by atoms with van der Waals surface area (Å²) < 4.78 is 5.75. The highest BCUT2D eigenvalue weighted by atomic mass is 16.5. The highest BCUT2D eigenvalue weighted by molar-refractivity contribution is 5.95. The molecular formula is C16H18N2O2. The summed E-state index contributed by atoms with van der Waals surface area (Å²) in [5.41, 5.74) is 4.69. The maximum Gasteiger partial charge on any atom is 0.265 e. The molecule has 20 heavy (non-hydrogen) atoms. The molecule has 0 spiro atoms. The molecule has 2 aromatic carbocycles. The van der Waals surface area contributed by atoms with E-state index in [1.54, 1.807) is 12.1 Å². The highest BCUT2D eigenvalue weighted by Gasteiger charge is 2.09. The number of hydrazine groups is 1. The van der Waals surface area contributed by atoms with Crippen molar-refractivity contribution in [2.75, 3.05) is 0 Å². The fraction of sp³-hybridized carbons (Fsp3) is 0.188. The number of amides is 1. The first-order valence-electron chi connectivity index (χ1n) is 6.55. The van der Waals surface area contributed by atoms with Gasteiger partial charge in [0, 0.05) is 11.1 Å². The molecule has 1 amide bonds. The van der Waals surface area contributed by atoms with Crippen molar-refractivity contribution < 1.29 is 9.53 Å². The number of hydrogen-bond donors (Lipinski definition) is 2. The molecular weight excluding hydrogens is 252 g/mol. The Morgan fingerprint density at radius 2 is 2.00 bits per heavy atom. The molecule has 0 bridgehead atoms. The van der Waals surface area contributed by atoms with E-state index in [4.69, 9.17) is 10.6 Å². The van der Waals surface area contributed by atoms with Crippen molar-refractivity contribution in [2.45, 2.75) is 20.0 Å². The van der Waals surface area contributed by atoms with Crippen LogP contribution in [0.1, 0.15) is 28.4 Å². The number of carbonyl (C=O) groups excluding carboxylic acids is 1. The minimum atomic E-state index is -0.313. The third-order valence-electron chi connectivity index (χ3n) is 3.09. The normalized spacial score (nSPS) is 10.1. The molecule has 0 aliphatic carbocycles. The summed E-state index contributed by atoms with van der Waals surface area (Å²) in [6, 6.07) is 15.2. The van der Waals surface area contributed by atoms with Gasteiger partial charge in [-0.15, -0.1) is 0 Å². The molecule has 2 rings (SSSR count). The van der Waals surface area contributed by atoms with Crippen molar-refractivity contribution in [3.63, 3.8) is 0 Å². The van der Waals surface area contributed by atoms with Gasteiger partial charge in [0.15, 0.2) is 0 Å². The summed E-state index contributed by atoms with van der Waals surface area (Å²) in [5.74, 6) is 5.66. The average Bonchev–Trinajstić information content (AvgIpc) is 2.52. The first-order valence-corrected chi connectivity index (χ1v) is 6.55. The highest BCUT2D eigenvalue weighted by Crippen LogP contribution is 2.17. The number of aryl methyl sites for hydroxylation is 1. The zero-order chi connectivity index (χ0) is 14.4. The lowest BCUT2D eigenvalue weighted by atomic mass is 10.1. The van der Waals surface area contributed by atoms with Crippen LogP contribution in [0.4, 0.5) is 0 Å². The van der Waals surface area contributed by atoms with E-state index < -0.39 is 0 Å². The van der Waals surface area contributed by atoms with Gasteiger partial charge in [-0.2, -0.15) is 0 Å². The van der Waals surface area contributed by atoms with Crippen LogP contribution in [-0.2, 0) is 13.0 Å². The van der Waals surface area contributed by atoms with Gasteiger partial charge in [-0.05, 0) is 30.2 Å². The Bertz CT molecular complexity index is 597. The van der Waals surface area contributed by atoms with Crippen LogP contribution < -0.4 is 16.0 Å². The summed E-state index contributed by atoms with van der Waals surface area (Å²) in [7, 11) is 0. The number of nitrogens with two attached hydrogens (primary N) is 1. The molecule has 3 N–H and O–H groups in total. The maximum atomic E-state index is 11.7. The van der Waals surface area contributed by atoms with E-state index >= 15 is 0 Å². The van der Waals surface area contributed by atoms with Crippen molar-refractivity contribution >= 4 is 5.91 Å². The summed E-state index contributed by atoms with van der Waals surface area (Å²) in [6.45, 7) is 2.43. The predicted molar refractivity (Wildman–Crippen MR) is 78.2 cm³/mol. The van der Waals surface area contributed by atoms with Gasteiger partial charge in [-0.3, -0.25) is 10.2 Å². The minimum absolute atomic E-state index is 0.313. The largest absolute Gasteiger partial charge is 0.489 e. The number of nitrogen functional groups attached to an aromatic ring is 1. The van der Waals surface area contributed by atoms with E-state index in [9.17, 15) is 4.79 Å². The van der Waals surface area contributed by atoms with Crippen molar-refractivity contribution in [2.24, 2.45) is 5.84 Å². The second kappa shape index (κ2) is 6.73. The van der Waals surface area contributed by atoms with Gasteiger partial charge in [0.05, 0.1) is 0 Å². The van der Waals surface area contributed by atoms with E-state index in [0.717, 1.165) is 17.7 Å². The number of benzene rings is 2. The van der Waals surface area contributed by atoms with E-state index in [2.05, 4.69) is 18.4 Å². The second-order valence-electron chi connectivity index (χ2n) is 4.42. The monoisotopic (exact) mass is 270 g/mol. The molecule has 0 fully saturated rings. The Labute approximate surface area is 118 Å². The van der Waals surface area contributed by atoms with Gasteiger partial charge in [0.25, 0.3) is 5.91 Å². The standard InChI is InChI=1S/C16H18N2O2/c1-2-12-6-5-8-14(10-12)20-11-13-7-3-4-9-15(13)16(19)18-17/h3-10H,2,11,17H2,1H3,(H,18,19). The van der Waals surface area contributed by atoms with E-state index in [-0.39, 0.29) is 5.91 Å². The third kappa shape index (κ3) is 3.36. The van der Waals surface area contributed by atoms with Gasteiger partial charge in [0.1, 0.15) is 12.4 Å². The van der Waals surface area contributed by atoms with Gasteiger partial charge in [-0.25, -0.2) is 5.84 Å². The lowest BCUT2D eigenvalue weighted by Gasteiger charge is -2.10.